The lowest BCUT2D eigenvalue weighted by molar-refractivity contribution is -0.123. The minimum atomic E-state index is -3.64. The number of aromatic nitrogens is 3. The summed E-state index contributed by atoms with van der Waals surface area (Å²) in [4.78, 5) is 12.8. The minimum Gasteiger partial charge on any atom is -0.497 e. The van der Waals surface area contributed by atoms with Gasteiger partial charge in [-0.3, -0.25) is 9.36 Å². The van der Waals surface area contributed by atoms with Crippen molar-refractivity contribution < 1.29 is 17.9 Å². The van der Waals surface area contributed by atoms with Gasteiger partial charge in [0.2, 0.25) is 10.0 Å². The van der Waals surface area contributed by atoms with E-state index < -0.39 is 15.4 Å². The number of sulfonamides is 1. The largest absolute Gasteiger partial charge is 0.497 e. The van der Waals surface area contributed by atoms with Crippen molar-refractivity contribution in [3.05, 3.63) is 48.5 Å². The van der Waals surface area contributed by atoms with E-state index in [9.17, 15) is 13.2 Å². The molecule has 0 N–H and O–H groups in total. The first kappa shape index (κ1) is 26.9. The molecule has 0 atom stereocenters. The van der Waals surface area contributed by atoms with Gasteiger partial charge in [-0.1, -0.05) is 64.6 Å². The summed E-state index contributed by atoms with van der Waals surface area (Å²) in [7, 11) is -2.06. The number of benzene rings is 2. The van der Waals surface area contributed by atoms with Gasteiger partial charge >= 0.3 is 0 Å². The fourth-order valence-corrected chi connectivity index (χ4v) is 6.00. The van der Waals surface area contributed by atoms with Gasteiger partial charge in [-0.05, 0) is 24.3 Å². The Kier molecular flexibility index (Phi) is 8.40. The number of nitrogens with zero attached hydrogens (tertiary/aromatic N) is 4. The average Bonchev–Trinajstić information content (AvgIpc) is 3.26. The molecule has 0 aliphatic heterocycles. The maximum Gasteiger partial charge on any atom is 0.243 e. The van der Waals surface area contributed by atoms with E-state index in [2.05, 4.69) is 10.2 Å². The van der Waals surface area contributed by atoms with Gasteiger partial charge in [0.15, 0.2) is 11.0 Å². The van der Waals surface area contributed by atoms with Gasteiger partial charge < -0.3 is 4.74 Å². The highest BCUT2D eigenvalue weighted by molar-refractivity contribution is 7.99. The topological polar surface area (TPSA) is 94.4 Å². The van der Waals surface area contributed by atoms with E-state index in [1.54, 1.807) is 31.4 Å². The molecule has 0 radical (unpaired) electrons. The molecule has 2 aromatic carbocycles. The Morgan fingerprint density at radius 2 is 1.74 bits per heavy atom. The molecule has 0 saturated carbocycles. The number of hydrogen-bond acceptors (Lipinski definition) is 7. The van der Waals surface area contributed by atoms with Crippen molar-refractivity contribution in [2.24, 2.45) is 5.41 Å². The molecule has 35 heavy (non-hydrogen) atoms. The van der Waals surface area contributed by atoms with Crippen LogP contribution >= 0.6 is 11.8 Å². The maximum absolute atomic E-state index is 13.1. The molecular formula is C25H32N4O4S2. The Morgan fingerprint density at radius 1 is 1.06 bits per heavy atom. The van der Waals surface area contributed by atoms with Crippen LogP contribution in [0.4, 0.5) is 0 Å². The fraction of sp³-hybridized carbons (Fsp3) is 0.400. The maximum atomic E-state index is 13.1. The molecule has 188 valence electrons. The lowest BCUT2D eigenvalue weighted by Crippen LogP contribution is -2.30. The number of ketones is 1. The first-order valence-electron chi connectivity index (χ1n) is 11.4. The second-order valence-electron chi connectivity index (χ2n) is 8.92. The Bertz CT molecular complexity index is 1290. The zero-order valence-electron chi connectivity index (χ0n) is 21.0. The summed E-state index contributed by atoms with van der Waals surface area (Å²) in [5.41, 5.74) is 0.874. The number of ether oxygens (including phenoxy) is 1. The van der Waals surface area contributed by atoms with Gasteiger partial charge in [-0.2, -0.15) is 4.31 Å². The summed E-state index contributed by atoms with van der Waals surface area (Å²) in [5, 5.41) is 9.29. The zero-order valence-corrected chi connectivity index (χ0v) is 22.6. The lowest BCUT2D eigenvalue weighted by Gasteiger charge is -2.19. The number of methoxy groups -OCH3 is 1. The quantitative estimate of drug-likeness (QED) is 0.361. The molecule has 0 saturated heterocycles. The third-order valence-corrected chi connectivity index (χ3v) is 8.52. The highest BCUT2D eigenvalue weighted by Crippen LogP contribution is 2.32. The van der Waals surface area contributed by atoms with Crippen molar-refractivity contribution in [3.63, 3.8) is 0 Å². The van der Waals surface area contributed by atoms with Crippen LogP contribution in [-0.2, 0) is 14.8 Å². The van der Waals surface area contributed by atoms with Gasteiger partial charge in [-0.25, -0.2) is 8.42 Å². The molecule has 0 amide bonds. The van der Waals surface area contributed by atoms with E-state index in [1.165, 1.54) is 16.1 Å². The predicted octanol–water partition coefficient (Wildman–Crippen LogP) is 4.68. The second-order valence-corrected chi connectivity index (χ2v) is 11.8. The van der Waals surface area contributed by atoms with Crippen LogP contribution in [0.3, 0.4) is 0 Å². The van der Waals surface area contributed by atoms with Crippen LogP contribution in [0.1, 0.15) is 34.6 Å². The van der Waals surface area contributed by atoms with E-state index in [0.717, 1.165) is 5.69 Å². The van der Waals surface area contributed by atoms with Gasteiger partial charge in [0.25, 0.3) is 0 Å². The Morgan fingerprint density at radius 3 is 2.37 bits per heavy atom. The summed E-state index contributed by atoms with van der Waals surface area (Å²) < 4.78 is 34.9. The first-order valence-corrected chi connectivity index (χ1v) is 13.8. The number of rotatable bonds is 10. The molecule has 0 unspecified atom stereocenters. The molecule has 0 fully saturated rings. The third kappa shape index (κ3) is 5.94. The molecule has 0 aliphatic rings. The number of thioether (sulfide) groups is 1. The molecule has 1 heterocycles. The van der Waals surface area contributed by atoms with Crippen molar-refractivity contribution in [1.29, 1.82) is 0 Å². The molecule has 0 spiro atoms. The number of Topliss-reactive ketones (excluding diaryl/α,β-unsaturated/α-hetero) is 1. The number of carbonyl (C=O) groups excluding carboxylic acids is 1. The summed E-state index contributed by atoms with van der Waals surface area (Å²) in [6.45, 7) is 10.0. The fourth-order valence-electron chi connectivity index (χ4n) is 3.39. The number of carbonyl (C=O) groups is 1. The van der Waals surface area contributed by atoms with E-state index in [1.807, 2.05) is 63.5 Å². The van der Waals surface area contributed by atoms with Gasteiger partial charge in [0.05, 0.1) is 23.4 Å². The van der Waals surface area contributed by atoms with Crippen LogP contribution in [0.25, 0.3) is 17.1 Å². The Balaban J connectivity index is 2.12. The average molecular weight is 517 g/mol. The van der Waals surface area contributed by atoms with Gasteiger partial charge in [-0.15, -0.1) is 10.2 Å². The molecule has 8 nitrogen and oxygen atoms in total. The summed E-state index contributed by atoms with van der Waals surface area (Å²) in [6.07, 6.45) is 0. The standard InChI is InChI=1S/C25H32N4O4S2/c1-7-28(8-2)35(31,32)21-14-9-11-18(15-21)23-26-27-24(34-17-22(30)25(3,4)5)29(23)19-12-10-13-20(16-19)33-6/h9-16H,7-8,17H2,1-6H3. The highest BCUT2D eigenvalue weighted by Gasteiger charge is 2.25. The van der Waals surface area contributed by atoms with Crippen molar-refractivity contribution in [1.82, 2.24) is 19.1 Å². The zero-order chi connectivity index (χ0) is 25.8. The Hall–Kier alpha value is -2.69. The van der Waals surface area contributed by atoms with E-state index >= 15 is 0 Å². The normalized spacial score (nSPS) is 12.2. The van der Waals surface area contributed by atoms with E-state index in [4.69, 9.17) is 4.74 Å². The van der Waals surface area contributed by atoms with E-state index in [-0.39, 0.29) is 16.4 Å². The van der Waals surface area contributed by atoms with Crippen LogP contribution in [0, 0.1) is 5.41 Å². The summed E-state index contributed by atoms with van der Waals surface area (Å²) in [6, 6.07) is 14.1. The molecular weight excluding hydrogens is 484 g/mol. The van der Waals surface area contributed by atoms with E-state index in [0.29, 0.717) is 35.4 Å². The first-order chi connectivity index (χ1) is 16.5. The van der Waals surface area contributed by atoms with Crippen molar-refractivity contribution >= 4 is 27.6 Å². The van der Waals surface area contributed by atoms with Crippen molar-refractivity contribution in [2.75, 3.05) is 26.0 Å². The molecule has 3 aromatic rings. The molecule has 0 bridgehead atoms. The molecule has 1 aromatic heterocycles. The van der Waals surface area contributed by atoms with Crippen molar-refractivity contribution in [2.45, 2.75) is 44.7 Å². The summed E-state index contributed by atoms with van der Waals surface area (Å²) >= 11 is 1.30. The van der Waals surface area contributed by atoms with Crippen LogP contribution in [0.5, 0.6) is 5.75 Å². The van der Waals surface area contributed by atoms with Crippen LogP contribution in [0.15, 0.2) is 58.6 Å². The van der Waals surface area contributed by atoms with Crippen molar-refractivity contribution in [3.8, 4) is 22.8 Å². The highest BCUT2D eigenvalue weighted by atomic mass is 32.2. The monoisotopic (exact) mass is 516 g/mol. The summed E-state index contributed by atoms with van der Waals surface area (Å²) in [5.74, 6) is 1.46. The third-order valence-electron chi connectivity index (χ3n) is 5.55. The lowest BCUT2D eigenvalue weighted by atomic mass is 9.92. The molecule has 3 rings (SSSR count). The minimum absolute atomic E-state index is 0.0940. The van der Waals surface area contributed by atoms with Crippen LogP contribution in [0.2, 0.25) is 0 Å². The SMILES string of the molecule is CCN(CC)S(=O)(=O)c1cccc(-c2nnc(SCC(=O)C(C)(C)C)n2-c2cccc(OC)c2)c1. The number of hydrogen-bond donors (Lipinski definition) is 0. The second kappa shape index (κ2) is 10.9. The molecule has 0 aliphatic carbocycles. The van der Waals surface area contributed by atoms with Crippen LogP contribution in [-0.4, -0.2) is 59.2 Å². The van der Waals surface area contributed by atoms with Crippen LogP contribution < -0.4 is 4.74 Å². The van der Waals surface area contributed by atoms with Gasteiger partial charge in [0, 0.05) is 30.1 Å². The molecule has 10 heteroatoms. The smallest absolute Gasteiger partial charge is 0.243 e. The Labute approximate surface area is 211 Å². The predicted molar refractivity (Wildman–Crippen MR) is 139 cm³/mol. The van der Waals surface area contributed by atoms with Gasteiger partial charge in [0.1, 0.15) is 11.5 Å².